The van der Waals surface area contributed by atoms with Crippen molar-refractivity contribution in [2.24, 2.45) is 11.8 Å². The van der Waals surface area contributed by atoms with Crippen LogP contribution in [-0.4, -0.2) is 42.3 Å². The first kappa shape index (κ1) is 23.8. The average Bonchev–Trinajstić information content (AvgIpc) is 3.62. The fourth-order valence-electron chi connectivity index (χ4n) is 4.31. The van der Waals surface area contributed by atoms with Crippen LogP contribution in [0.3, 0.4) is 0 Å². The lowest BCUT2D eigenvalue weighted by atomic mass is 9.98. The van der Waals surface area contributed by atoms with Crippen LogP contribution in [0.4, 0.5) is 4.79 Å². The van der Waals surface area contributed by atoms with Gasteiger partial charge in [-0.15, -0.1) is 0 Å². The van der Waals surface area contributed by atoms with Crippen LogP contribution in [0.2, 0.25) is 0 Å². The molecule has 34 heavy (non-hydrogen) atoms. The summed E-state index contributed by atoms with van der Waals surface area (Å²) in [6, 6.07) is 16.3. The molecule has 0 spiro atoms. The van der Waals surface area contributed by atoms with E-state index in [4.69, 9.17) is 14.7 Å². The number of aliphatic carboxylic acids is 1. The van der Waals surface area contributed by atoms with E-state index in [9.17, 15) is 14.4 Å². The normalized spacial score (nSPS) is 16.1. The molecular formula is C26H30N2O6. The van der Waals surface area contributed by atoms with Crippen molar-refractivity contribution >= 4 is 18.0 Å². The van der Waals surface area contributed by atoms with Gasteiger partial charge >= 0.3 is 12.1 Å². The Labute approximate surface area is 198 Å². The molecule has 2 aromatic rings. The lowest BCUT2D eigenvalue weighted by Gasteiger charge is -2.16. The summed E-state index contributed by atoms with van der Waals surface area (Å²) in [6.45, 7) is 2.53. The first-order valence-corrected chi connectivity index (χ1v) is 11.7. The summed E-state index contributed by atoms with van der Waals surface area (Å²) in [7, 11) is 0. The minimum absolute atomic E-state index is 0.00420. The van der Waals surface area contributed by atoms with Gasteiger partial charge in [0.25, 0.3) is 0 Å². The van der Waals surface area contributed by atoms with Gasteiger partial charge in [-0.3, -0.25) is 9.63 Å². The number of hydrogen-bond donors (Lipinski definition) is 3. The van der Waals surface area contributed by atoms with Gasteiger partial charge < -0.3 is 15.2 Å². The van der Waals surface area contributed by atoms with Crippen LogP contribution >= 0.6 is 0 Å². The molecule has 0 heterocycles. The molecule has 0 aliphatic heterocycles. The Hall–Kier alpha value is -3.39. The number of carbonyl (C=O) groups excluding carboxylic acids is 2. The standard InChI is InChI=1S/C26H30N2O6/c1-16(10-13-23(29)28-34-24(25(30)31)17-11-12-17)14-27-26(32)33-15-22-20-8-4-2-6-18(20)19-7-3-5-9-21(19)22/h2-9,16-17,22,24H,10-15H2,1H3,(H,27,32)(H,28,29)(H,30,31). The third kappa shape index (κ3) is 5.75. The average molecular weight is 467 g/mol. The molecule has 2 aliphatic rings. The van der Waals surface area contributed by atoms with Crippen LogP contribution in [-0.2, 0) is 19.2 Å². The molecule has 2 aliphatic carbocycles. The maximum absolute atomic E-state index is 12.3. The first-order chi connectivity index (χ1) is 16.4. The number of hydrogen-bond acceptors (Lipinski definition) is 5. The second-order valence-electron chi connectivity index (χ2n) is 9.09. The van der Waals surface area contributed by atoms with E-state index in [2.05, 4.69) is 35.1 Å². The molecule has 0 bridgehead atoms. The number of alkyl carbamates (subject to hydrolysis) is 1. The SMILES string of the molecule is CC(CCC(=O)NOC(C(=O)O)C1CC1)CNC(=O)OCC1c2ccccc2-c2ccccc21. The van der Waals surface area contributed by atoms with Gasteiger partial charge in [0.15, 0.2) is 6.10 Å². The van der Waals surface area contributed by atoms with Crippen molar-refractivity contribution < 1.29 is 29.1 Å². The van der Waals surface area contributed by atoms with Gasteiger partial charge in [0.2, 0.25) is 5.91 Å². The van der Waals surface area contributed by atoms with Crippen LogP contribution < -0.4 is 10.8 Å². The number of nitrogens with one attached hydrogen (secondary N) is 2. The summed E-state index contributed by atoms with van der Waals surface area (Å²) in [5.41, 5.74) is 6.91. The van der Waals surface area contributed by atoms with Crippen molar-refractivity contribution in [3.05, 3.63) is 59.7 Å². The number of rotatable bonds is 11. The van der Waals surface area contributed by atoms with E-state index >= 15 is 0 Å². The molecule has 1 fully saturated rings. The van der Waals surface area contributed by atoms with E-state index in [1.807, 2.05) is 31.2 Å². The summed E-state index contributed by atoms with van der Waals surface area (Å²) < 4.78 is 5.53. The van der Waals surface area contributed by atoms with Crippen molar-refractivity contribution in [2.75, 3.05) is 13.2 Å². The molecule has 2 unspecified atom stereocenters. The van der Waals surface area contributed by atoms with Gasteiger partial charge in [-0.25, -0.2) is 15.1 Å². The highest BCUT2D eigenvalue weighted by Gasteiger charge is 2.38. The van der Waals surface area contributed by atoms with Crippen molar-refractivity contribution in [2.45, 2.75) is 44.6 Å². The van der Waals surface area contributed by atoms with Crippen molar-refractivity contribution in [3.8, 4) is 11.1 Å². The molecule has 1 saturated carbocycles. The number of fused-ring (bicyclic) bond motifs is 3. The fourth-order valence-corrected chi connectivity index (χ4v) is 4.31. The van der Waals surface area contributed by atoms with Crippen LogP contribution in [0, 0.1) is 11.8 Å². The number of carbonyl (C=O) groups is 3. The Kier molecular flexibility index (Phi) is 7.47. The van der Waals surface area contributed by atoms with Crippen LogP contribution in [0.1, 0.15) is 49.7 Å². The minimum atomic E-state index is -1.07. The Morgan fingerprint density at radius 3 is 2.24 bits per heavy atom. The zero-order valence-corrected chi connectivity index (χ0v) is 19.2. The molecular weight excluding hydrogens is 436 g/mol. The fraction of sp³-hybridized carbons (Fsp3) is 0.423. The number of amides is 2. The number of benzene rings is 2. The van der Waals surface area contributed by atoms with Crippen LogP contribution in [0.5, 0.6) is 0 Å². The molecule has 2 amide bonds. The lowest BCUT2D eigenvalue weighted by Crippen LogP contribution is -2.36. The van der Waals surface area contributed by atoms with E-state index in [1.54, 1.807) is 0 Å². The van der Waals surface area contributed by atoms with Gasteiger partial charge in [0.1, 0.15) is 6.61 Å². The third-order valence-electron chi connectivity index (χ3n) is 6.40. The minimum Gasteiger partial charge on any atom is -0.479 e. The molecule has 2 aromatic carbocycles. The molecule has 0 radical (unpaired) electrons. The molecule has 8 nitrogen and oxygen atoms in total. The Morgan fingerprint density at radius 1 is 1.03 bits per heavy atom. The van der Waals surface area contributed by atoms with Crippen molar-refractivity contribution in [1.29, 1.82) is 0 Å². The summed E-state index contributed by atoms with van der Waals surface area (Å²) in [5, 5.41) is 11.9. The highest BCUT2D eigenvalue weighted by molar-refractivity contribution is 5.79. The highest BCUT2D eigenvalue weighted by atomic mass is 16.7. The highest BCUT2D eigenvalue weighted by Crippen LogP contribution is 2.44. The molecule has 4 rings (SSSR count). The van der Waals surface area contributed by atoms with E-state index in [0.717, 1.165) is 24.0 Å². The predicted molar refractivity (Wildman–Crippen MR) is 125 cm³/mol. The summed E-state index contributed by atoms with van der Waals surface area (Å²) in [6.07, 6.45) is 0.799. The van der Waals surface area contributed by atoms with Crippen molar-refractivity contribution in [1.82, 2.24) is 10.8 Å². The molecule has 2 atom stereocenters. The first-order valence-electron chi connectivity index (χ1n) is 11.7. The third-order valence-corrected chi connectivity index (χ3v) is 6.40. The summed E-state index contributed by atoms with van der Waals surface area (Å²) in [4.78, 5) is 40.5. The van der Waals surface area contributed by atoms with E-state index in [-0.39, 0.29) is 36.7 Å². The second-order valence-corrected chi connectivity index (χ2v) is 9.09. The topological polar surface area (TPSA) is 114 Å². The molecule has 8 heteroatoms. The van der Waals surface area contributed by atoms with Gasteiger partial charge in [-0.1, -0.05) is 55.5 Å². The van der Waals surface area contributed by atoms with E-state index < -0.39 is 18.2 Å². The van der Waals surface area contributed by atoms with Crippen LogP contribution in [0.25, 0.3) is 11.1 Å². The Bertz CT molecular complexity index is 1010. The van der Waals surface area contributed by atoms with Gasteiger partial charge in [-0.05, 0) is 53.4 Å². The number of ether oxygens (including phenoxy) is 1. The van der Waals surface area contributed by atoms with Gasteiger partial charge in [0.05, 0.1) is 0 Å². The zero-order chi connectivity index (χ0) is 24.1. The smallest absolute Gasteiger partial charge is 0.407 e. The zero-order valence-electron chi connectivity index (χ0n) is 19.2. The Morgan fingerprint density at radius 2 is 1.65 bits per heavy atom. The quantitative estimate of drug-likeness (QED) is 0.434. The van der Waals surface area contributed by atoms with Gasteiger partial charge in [0, 0.05) is 18.9 Å². The van der Waals surface area contributed by atoms with Crippen LogP contribution in [0.15, 0.2) is 48.5 Å². The second kappa shape index (κ2) is 10.7. The monoisotopic (exact) mass is 466 g/mol. The van der Waals surface area contributed by atoms with E-state index in [0.29, 0.717) is 13.0 Å². The molecule has 180 valence electrons. The lowest BCUT2D eigenvalue weighted by molar-refractivity contribution is -0.162. The number of hydroxylamine groups is 1. The summed E-state index contributed by atoms with van der Waals surface area (Å²) >= 11 is 0. The van der Waals surface area contributed by atoms with Crippen molar-refractivity contribution in [3.63, 3.8) is 0 Å². The van der Waals surface area contributed by atoms with E-state index in [1.165, 1.54) is 11.1 Å². The predicted octanol–water partition coefficient (Wildman–Crippen LogP) is 3.85. The maximum atomic E-state index is 12.3. The Balaban J connectivity index is 1.17. The number of carboxylic acid groups (broad SMARTS) is 1. The molecule has 3 N–H and O–H groups in total. The summed E-state index contributed by atoms with van der Waals surface area (Å²) in [5.74, 6) is -1.43. The number of carboxylic acids is 1. The molecule has 0 saturated heterocycles. The molecule has 0 aromatic heterocycles. The van der Waals surface area contributed by atoms with Gasteiger partial charge in [-0.2, -0.15) is 0 Å². The largest absolute Gasteiger partial charge is 0.479 e. The maximum Gasteiger partial charge on any atom is 0.407 e.